The zero-order chi connectivity index (χ0) is 16.7. The van der Waals surface area contributed by atoms with E-state index in [1.807, 2.05) is 18.2 Å². The number of hydrogen-bond acceptors (Lipinski definition) is 5. The number of imide groups is 1. The van der Waals surface area contributed by atoms with Crippen molar-refractivity contribution in [2.24, 2.45) is 0 Å². The van der Waals surface area contributed by atoms with Crippen LogP contribution in [0.4, 0.5) is 10.5 Å². The van der Waals surface area contributed by atoms with Gasteiger partial charge in [-0.25, -0.2) is 4.90 Å². The van der Waals surface area contributed by atoms with Crippen molar-refractivity contribution in [1.29, 1.82) is 0 Å². The fourth-order valence-corrected chi connectivity index (χ4v) is 3.93. The van der Waals surface area contributed by atoms with E-state index in [1.54, 1.807) is 24.3 Å². The number of thioether (sulfide) groups is 1. The van der Waals surface area contributed by atoms with Gasteiger partial charge in [0, 0.05) is 5.02 Å². The molecule has 0 unspecified atom stereocenters. The lowest BCUT2D eigenvalue weighted by Crippen LogP contribution is -2.32. The van der Waals surface area contributed by atoms with Gasteiger partial charge in [0.25, 0.3) is 5.24 Å². The molecule has 0 aromatic heterocycles. The maximum atomic E-state index is 12.7. The van der Waals surface area contributed by atoms with Crippen LogP contribution in [-0.4, -0.2) is 23.2 Å². The van der Waals surface area contributed by atoms with Crippen LogP contribution in [0.1, 0.15) is 5.56 Å². The van der Waals surface area contributed by atoms with Gasteiger partial charge in [-0.2, -0.15) is 0 Å². The van der Waals surface area contributed by atoms with Gasteiger partial charge < -0.3 is 9.47 Å². The first-order valence-corrected chi connectivity index (χ1v) is 8.56. The zero-order valence-electron chi connectivity index (χ0n) is 12.4. The Labute approximate surface area is 147 Å². The van der Waals surface area contributed by atoms with Crippen LogP contribution in [0.15, 0.2) is 42.5 Å². The molecule has 1 atom stereocenters. The first-order valence-electron chi connectivity index (χ1n) is 7.30. The van der Waals surface area contributed by atoms with Crippen molar-refractivity contribution < 1.29 is 19.1 Å². The van der Waals surface area contributed by atoms with E-state index >= 15 is 0 Å². The molecule has 122 valence electrons. The predicted octanol–water partition coefficient (Wildman–Crippen LogP) is 3.88. The number of anilines is 1. The SMILES string of the molecule is O=C1S[C@H](Cc2ccc3c(c2)OCO3)C(=O)N1c1cccc(Cl)c1. The number of fused-ring (bicyclic) bond motifs is 1. The summed E-state index contributed by atoms with van der Waals surface area (Å²) in [7, 11) is 0. The van der Waals surface area contributed by atoms with Crippen LogP contribution in [0.3, 0.4) is 0 Å². The van der Waals surface area contributed by atoms with Crippen LogP contribution in [0.25, 0.3) is 0 Å². The minimum absolute atomic E-state index is 0.205. The molecule has 0 bridgehead atoms. The molecular formula is C17H12ClNO4S. The minimum Gasteiger partial charge on any atom is -0.454 e. The van der Waals surface area contributed by atoms with Crippen molar-refractivity contribution in [2.75, 3.05) is 11.7 Å². The monoisotopic (exact) mass is 361 g/mol. The molecule has 2 aromatic carbocycles. The Morgan fingerprint density at radius 2 is 1.96 bits per heavy atom. The number of nitrogens with zero attached hydrogens (tertiary/aromatic N) is 1. The second-order valence-electron chi connectivity index (χ2n) is 5.42. The molecule has 0 N–H and O–H groups in total. The van der Waals surface area contributed by atoms with Crippen LogP contribution in [-0.2, 0) is 11.2 Å². The average Bonchev–Trinajstić information content (AvgIpc) is 3.12. The highest BCUT2D eigenvalue weighted by Crippen LogP contribution is 2.37. The molecule has 0 spiro atoms. The second-order valence-corrected chi connectivity index (χ2v) is 7.01. The van der Waals surface area contributed by atoms with E-state index in [0.717, 1.165) is 17.3 Å². The summed E-state index contributed by atoms with van der Waals surface area (Å²) in [5.41, 5.74) is 1.42. The van der Waals surface area contributed by atoms with Crippen LogP contribution < -0.4 is 14.4 Å². The Hall–Kier alpha value is -2.18. The minimum atomic E-state index is -0.461. The molecule has 1 saturated heterocycles. The molecule has 7 heteroatoms. The van der Waals surface area contributed by atoms with E-state index in [2.05, 4.69) is 0 Å². The summed E-state index contributed by atoms with van der Waals surface area (Å²) < 4.78 is 10.6. The molecule has 24 heavy (non-hydrogen) atoms. The molecular weight excluding hydrogens is 350 g/mol. The molecule has 0 aliphatic carbocycles. The second kappa shape index (κ2) is 6.03. The molecule has 4 rings (SSSR count). The van der Waals surface area contributed by atoms with E-state index in [-0.39, 0.29) is 17.9 Å². The van der Waals surface area contributed by atoms with Crippen molar-refractivity contribution in [2.45, 2.75) is 11.7 Å². The van der Waals surface area contributed by atoms with Crippen LogP contribution in [0, 0.1) is 0 Å². The number of hydrogen-bond donors (Lipinski definition) is 0. The highest BCUT2D eigenvalue weighted by molar-refractivity contribution is 8.15. The number of amides is 2. The predicted molar refractivity (Wildman–Crippen MR) is 92.0 cm³/mol. The standard InChI is InChI=1S/C17H12ClNO4S/c18-11-2-1-3-12(8-11)19-16(20)15(24-17(19)21)7-10-4-5-13-14(6-10)23-9-22-13/h1-6,8,15H,7,9H2/t15-/m1/s1. The summed E-state index contributed by atoms with van der Waals surface area (Å²) >= 11 is 6.99. The number of rotatable bonds is 3. The Kier molecular flexibility index (Phi) is 3.86. The van der Waals surface area contributed by atoms with E-state index in [9.17, 15) is 9.59 Å². The summed E-state index contributed by atoms with van der Waals surface area (Å²) in [5.74, 6) is 1.13. The molecule has 5 nitrogen and oxygen atoms in total. The molecule has 0 radical (unpaired) electrons. The van der Waals surface area contributed by atoms with Gasteiger partial charge in [0.05, 0.1) is 10.9 Å². The van der Waals surface area contributed by atoms with Crippen LogP contribution in [0.2, 0.25) is 5.02 Å². The zero-order valence-corrected chi connectivity index (χ0v) is 14.0. The van der Waals surface area contributed by atoms with Gasteiger partial charge in [-0.05, 0) is 42.3 Å². The van der Waals surface area contributed by atoms with E-state index < -0.39 is 5.25 Å². The van der Waals surface area contributed by atoms with Crippen LogP contribution >= 0.6 is 23.4 Å². The third-order valence-electron chi connectivity index (χ3n) is 3.85. The molecule has 2 amide bonds. The third-order valence-corrected chi connectivity index (χ3v) is 5.12. The summed E-state index contributed by atoms with van der Waals surface area (Å²) in [5, 5.41) is -0.262. The topological polar surface area (TPSA) is 55.8 Å². The van der Waals surface area contributed by atoms with Crippen molar-refractivity contribution >= 4 is 40.2 Å². The summed E-state index contributed by atoms with van der Waals surface area (Å²) in [6.45, 7) is 0.205. The maximum absolute atomic E-state index is 12.7. The first kappa shape index (κ1) is 15.4. The fraction of sp³-hybridized carbons (Fsp3) is 0.176. The quantitative estimate of drug-likeness (QED) is 0.830. The van der Waals surface area contributed by atoms with Gasteiger partial charge in [-0.15, -0.1) is 0 Å². The highest BCUT2D eigenvalue weighted by Gasteiger charge is 2.40. The summed E-state index contributed by atoms with van der Waals surface area (Å²) in [4.78, 5) is 26.1. The van der Waals surface area contributed by atoms with Gasteiger partial charge in [0.1, 0.15) is 0 Å². The van der Waals surface area contributed by atoms with Gasteiger partial charge >= 0.3 is 0 Å². The van der Waals surface area contributed by atoms with Gasteiger partial charge in [0.15, 0.2) is 11.5 Å². The largest absolute Gasteiger partial charge is 0.454 e. The normalized spacial score (nSPS) is 19.2. The molecule has 1 fully saturated rings. The fourth-order valence-electron chi connectivity index (χ4n) is 2.72. The molecule has 2 aliphatic heterocycles. The number of ether oxygens (including phenoxy) is 2. The third kappa shape index (κ3) is 2.72. The maximum Gasteiger partial charge on any atom is 0.293 e. The Morgan fingerprint density at radius 1 is 1.12 bits per heavy atom. The van der Waals surface area contributed by atoms with Crippen LogP contribution in [0.5, 0.6) is 11.5 Å². The lowest BCUT2D eigenvalue weighted by atomic mass is 10.1. The first-order chi connectivity index (χ1) is 11.6. The van der Waals surface area contributed by atoms with Gasteiger partial charge in [0.2, 0.25) is 12.7 Å². The van der Waals surface area contributed by atoms with Crippen molar-refractivity contribution in [1.82, 2.24) is 0 Å². The van der Waals surface area contributed by atoms with E-state index in [0.29, 0.717) is 28.6 Å². The lowest BCUT2D eigenvalue weighted by Gasteiger charge is -2.14. The Morgan fingerprint density at radius 3 is 2.79 bits per heavy atom. The van der Waals surface area contributed by atoms with E-state index in [4.69, 9.17) is 21.1 Å². The number of carbonyl (C=O) groups excluding carboxylic acids is 2. The van der Waals surface area contributed by atoms with Gasteiger partial charge in [-0.1, -0.05) is 35.5 Å². The average molecular weight is 362 g/mol. The lowest BCUT2D eigenvalue weighted by molar-refractivity contribution is -0.117. The van der Waals surface area contributed by atoms with E-state index in [1.165, 1.54) is 4.90 Å². The Bertz CT molecular complexity index is 841. The van der Waals surface area contributed by atoms with Crippen molar-refractivity contribution in [3.05, 3.63) is 53.1 Å². The molecule has 2 aromatic rings. The van der Waals surface area contributed by atoms with Crippen molar-refractivity contribution in [3.8, 4) is 11.5 Å². The van der Waals surface area contributed by atoms with Crippen molar-refractivity contribution in [3.63, 3.8) is 0 Å². The molecule has 2 aliphatic rings. The number of carbonyl (C=O) groups is 2. The molecule has 2 heterocycles. The molecule has 0 saturated carbocycles. The summed E-state index contributed by atoms with van der Waals surface area (Å²) in [6.07, 6.45) is 0.447. The number of benzene rings is 2. The summed E-state index contributed by atoms with van der Waals surface area (Å²) in [6, 6.07) is 12.3. The smallest absolute Gasteiger partial charge is 0.293 e. The van der Waals surface area contributed by atoms with Gasteiger partial charge in [-0.3, -0.25) is 9.59 Å². The Balaban J connectivity index is 1.55. The highest BCUT2D eigenvalue weighted by atomic mass is 35.5. The number of halogens is 1.